The molecule has 0 aliphatic rings. The van der Waals surface area contributed by atoms with Crippen LogP contribution in [0.2, 0.25) is 0 Å². The highest BCUT2D eigenvalue weighted by Gasteiger charge is 2.18. The van der Waals surface area contributed by atoms with Gasteiger partial charge < -0.3 is 20.3 Å². The predicted molar refractivity (Wildman–Crippen MR) is 333 cm³/mol. The second-order valence-electron chi connectivity index (χ2n) is 24.2. The Kier molecular flexibility index (Phi) is 64.9. The van der Waals surface area contributed by atoms with Crippen LogP contribution in [0.15, 0.2) is 12.2 Å². The first-order valence-electron chi connectivity index (χ1n) is 35.0. The van der Waals surface area contributed by atoms with Crippen molar-refractivity contribution >= 4 is 11.9 Å². The molecule has 0 spiro atoms. The summed E-state index contributed by atoms with van der Waals surface area (Å²) in [7, 11) is 0. The Labute approximate surface area is 476 Å². The number of aliphatic hydroxyl groups excluding tert-OH is 2. The summed E-state index contributed by atoms with van der Waals surface area (Å²) < 4.78 is 5.49. The molecule has 0 rings (SSSR count). The standard InChI is InChI=1S/C70H137NO5/c1-3-5-7-9-11-13-15-17-19-20-21-22-23-24-25-26-28-31-35-38-42-46-50-54-58-62-68(73)67(66-72)71-69(74)63-59-55-51-47-43-39-36-32-29-27-30-33-37-41-45-49-53-57-61-65-76-70(75)64-60-56-52-48-44-40-34-18-16-14-12-10-8-6-4-2/h58,62,67-68,72-73H,3-57,59-61,63-66H2,1-2H3,(H,71,74)/b62-58+. The highest BCUT2D eigenvalue weighted by molar-refractivity contribution is 5.76. The van der Waals surface area contributed by atoms with E-state index in [2.05, 4.69) is 19.2 Å². The molecule has 0 aromatic rings. The molecule has 2 unspecified atom stereocenters. The lowest BCUT2D eigenvalue weighted by Gasteiger charge is -2.20. The van der Waals surface area contributed by atoms with Crippen LogP contribution in [0.1, 0.15) is 399 Å². The Hall–Kier alpha value is -1.40. The van der Waals surface area contributed by atoms with Gasteiger partial charge in [0.2, 0.25) is 5.91 Å². The second kappa shape index (κ2) is 66.1. The van der Waals surface area contributed by atoms with Crippen LogP contribution in [-0.4, -0.2) is 47.4 Å². The second-order valence-corrected chi connectivity index (χ2v) is 24.2. The van der Waals surface area contributed by atoms with Gasteiger partial charge in [0, 0.05) is 12.8 Å². The first kappa shape index (κ1) is 74.6. The third kappa shape index (κ3) is 61.8. The molecule has 452 valence electrons. The van der Waals surface area contributed by atoms with E-state index < -0.39 is 12.1 Å². The van der Waals surface area contributed by atoms with Crippen molar-refractivity contribution in [2.24, 2.45) is 0 Å². The number of allylic oxidation sites excluding steroid dienone is 1. The number of amides is 1. The molecule has 0 aromatic carbocycles. The lowest BCUT2D eigenvalue weighted by molar-refractivity contribution is -0.143. The minimum absolute atomic E-state index is 0.0125. The van der Waals surface area contributed by atoms with Gasteiger partial charge in [0.05, 0.1) is 25.4 Å². The van der Waals surface area contributed by atoms with Crippen molar-refractivity contribution in [1.29, 1.82) is 0 Å². The maximum absolute atomic E-state index is 12.5. The number of esters is 1. The molecule has 3 N–H and O–H groups in total. The molecule has 0 aliphatic carbocycles. The van der Waals surface area contributed by atoms with E-state index in [-0.39, 0.29) is 18.5 Å². The van der Waals surface area contributed by atoms with E-state index in [9.17, 15) is 19.8 Å². The van der Waals surface area contributed by atoms with E-state index >= 15 is 0 Å². The molecule has 0 aliphatic heterocycles. The fourth-order valence-electron chi connectivity index (χ4n) is 11.2. The van der Waals surface area contributed by atoms with Crippen LogP contribution in [0, 0.1) is 0 Å². The van der Waals surface area contributed by atoms with E-state index in [1.54, 1.807) is 6.08 Å². The van der Waals surface area contributed by atoms with Crippen molar-refractivity contribution in [3.05, 3.63) is 12.2 Å². The largest absolute Gasteiger partial charge is 0.466 e. The van der Waals surface area contributed by atoms with Crippen molar-refractivity contribution in [2.75, 3.05) is 13.2 Å². The van der Waals surface area contributed by atoms with Crippen molar-refractivity contribution in [2.45, 2.75) is 411 Å². The summed E-state index contributed by atoms with van der Waals surface area (Å²) in [5.41, 5.74) is 0. The zero-order chi connectivity index (χ0) is 55.0. The third-order valence-electron chi connectivity index (χ3n) is 16.6. The molecular weight excluding hydrogens is 935 g/mol. The zero-order valence-electron chi connectivity index (χ0n) is 51.8. The van der Waals surface area contributed by atoms with E-state index in [1.165, 1.54) is 334 Å². The van der Waals surface area contributed by atoms with Gasteiger partial charge >= 0.3 is 5.97 Å². The Morgan fingerprint density at radius 2 is 0.605 bits per heavy atom. The van der Waals surface area contributed by atoms with E-state index in [1.807, 2.05) is 6.08 Å². The summed E-state index contributed by atoms with van der Waals surface area (Å²) >= 11 is 0. The summed E-state index contributed by atoms with van der Waals surface area (Å²) in [6.07, 6.45) is 81.4. The normalized spacial score (nSPS) is 12.5. The van der Waals surface area contributed by atoms with Crippen molar-refractivity contribution in [3.8, 4) is 0 Å². The number of rotatable bonds is 66. The maximum atomic E-state index is 12.5. The molecule has 0 bridgehead atoms. The predicted octanol–water partition coefficient (Wildman–Crippen LogP) is 22.4. The van der Waals surface area contributed by atoms with Crippen molar-refractivity contribution in [3.63, 3.8) is 0 Å². The molecule has 6 heteroatoms. The number of nitrogens with one attached hydrogen (secondary N) is 1. The first-order valence-corrected chi connectivity index (χ1v) is 35.0. The van der Waals surface area contributed by atoms with Crippen molar-refractivity contribution in [1.82, 2.24) is 5.32 Å². The number of carbonyl (C=O) groups is 2. The van der Waals surface area contributed by atoms with Crippen molar-refractivity contribution < 1.29 is 24.5 Å². The summed E-state index contributed by atoms with van der Waals surface area (Å²) in [4.78, 5) is 24.6. The van der Waals surface area contributed by atoms with Crippen LogP contribution in [0.5, 0.6) is 0 Å². The fourth-order valence-corrected chi connectivity index (χ4v) is 11.2. The van der Waals surface area contributed by atoms with Gasteiger partial charge in [-0.3, -0.25) is 9.59 Å². The average molecular weight is 1070 g/mol. The van der Waals surface area contributed by atoms with Gasteiger partial charge in [-0.25, -0.2) is 0 Å². The molecule has 0 aromatic heterocycles. The van der Waals surface area contributed by atoms with Gasteiger partial charge in [0.25, 0.3) is 0 Å². The average Bonchev–Trinajstić information content (AvgIpc) is 3.42. The number of aliphatic hydroxyl groups is 2. The number of unbranched alkanes of at least 4 members (excludes halogenated alkanes) is 55. The van der Waals surface area contributed by atoms with Gasteiger partial charge in [-0.1, -0.05) is 366 Å². The molecule has 6 nitrogen and oxygen atoms in total. The fraction of sp³-hybridized carbons (Fsp3) is 0.943. The molecular formula is C70H137NO5. The lowest BCUT2D eigenvalue weighted by atomic mass is 10.0. The monoisotopic (exact) mass is 1070 g/mol. The quantitative estimate of drug-likeness (QED) is 0.0320. The summed E-state index contributed by atoms with van der Waals surface area (Å²) in [6.45, 7) is 4.95. The number of carbonyl (C=O) groups excluding carboxylic acids is 2. The third-order valence-corrected chi connectivity index (χ3v) is 16.6. The molecule has 0 fully saturated rings. The maximum Gasteiger partial charge on any atom is 0.305 e. The van der Waals surface area contributed by atoms with Crippen LogP contribution in [0.4, 0.5) is 0 Å². The Bertz CT molecular complexity index is 1140. The zero-order valence-corrected chi connectivity index (χ0v) is 51.8. The highest BCUT2D eigenvalue weighted by atomic mass is 16.5. The van der Waals surface area contributed by atoms with E-state index in [0.717, 1.165) is 38.5 Å². The van der Waals surface area contributed by atoms with Gasteiger partial charge in [-0.05, 0) is 32.1 Å². The summed E-state index contributed by atoms with van der Waals surface area (Å²) in [5, 5.41) is 23.3. The minimum atomic E-state index is -0.847. The van der Waals surface area contributed by atoms with E-state index in [0.29, 0.717) is 19.4 Å². The van der Waals surface area contributed by atoms with Crippen LogP contribution in [0.3, 0.4) is 0 Å². The van der Waals surface area contributed by atoms with Gasteiger partial charge in [0.1, 0.15) is 0 Å². The van der Waals surface area contributed by atoms with Crippen LogP contribution < -0.4 is 5.32 Å². The molecule has 0 radical (unpaired) electrons. The van der Waals surface area contributed by atoms with Crippen LogP contribution in [0.25, 0.3) is 0 Å². The SMILES string of the molecule is CCCCCCCCCCCCCCCCCCCCCCCCC/C=C/C(O)C(CO)NC(=O)CCCCCCCCCCCCCCCCCCCCCOC(=O)CCCCCCCCCCCCCCCCC. The smallest absolute Gasteiger partial charge is 0.305 e. The summed E-state index contributed by atoms with van der Waals surface area (Å²) in [6, 6.07) is -0.631. The van der Waals surface area contributed by atoms with Crippen LogP contribution >= 0.6 is 0 Å². The van der Waals surface area contributed by atoms with Gasteiger partial charge in [-0.2, -0.15) is 0 Å². The van der Waals surface area contributed by atoms with Crippen LogP contribution in [-0.2, 0) is 14.3 Å². The summed E-state index contributed by atoms with van der Waals surface area (Å²) in [5.74, 6) is -0.0531. The topological polar surface area (TPSA) is 95.9 Å². The molecule has 1 amide bonds. The number of hydrogen-bond acceptors (Lipinski definition) is 5. The highest BCUT2D eigenvalue weighted by Crippen LogP contribution is 2.19. The molecule has 0 saturated heterocycles. The minimum Gasteiger partial charge on any atom is -0.466 e. The Balaban J connectivity index is 3.41. The Morgan fingerprint density at radius 1 is 0.355 bits per heavy atom. The molecule has 76 heavy (non-hydrogen) atoms. The molecule has 0 heterocycles. The first-order chi connectivity index (χ1) is 37.5. The Morgan fingerprint density at radius 3 is 0.895 bits per heavy atom. The van der Waals surface area contributed by atoms with Gasteiger partial charge in [0.15, 0.2) is 0 Å². The molecule has 0 saturated carbocycles. The number of ether oxygens (including phenoxy) is 1. The van der Waals surface area contributed by atoms with Gasteiger partial charge in [-0.15, -0.1) is 0 Å². The lowest BCUT2D eigenvalue weighted by Crippen LogP contribution is -2.45. The number of hydrogen-bond donors (Lipinski definition) is 3. The van der Waals surface area contributed by atoms with E-state index in [4.69, 9.17) is 4.74 Å². The molecule has 2 atom stereocenters.